The smallest absolute Gasteiger partial charge is 0.407 e. The van der Waals surface area contributed by atoms with Crippen molar-refractivity contribution < 1.29 is 23.1 Å². The molecule has 3 nitrogen and oxygen atoms in total. The van der Waals surface area contributed by atoms with Crippen LogP contribution in [-0.2, 0) is 10.5 Å². The summed E-state index contributed by atoms with van der Waals surface area (Å²) in [5.41, 5.74) is 0.987. The van der Waals surface area contributed by atoms with Crippen LogP contribution in [0.2, 0.25) is 0 Å². The molecule has 0 aliphatic rings. The first-order valence-electron chi connectivity index (χ1n) is 7.60. The quantitative estimate of drug-likeness (QED) is 0.730. The third-order valence-corrected chi connectivity index (χ3v) is 4.63. The maximum absolute atomic E-state index is 13.4. The average molecular weight is 369 g/mol. The second-order valence-electron chi connectivity index (χ2n) is 5.44. The molecule has 0 aliphatic heterocycles. The Morgan fingerprint density at radius 2 is 1.60 bits per heavy atom. The summed E-state index contributed by atoms with van der Waals surface area (Å²) in [6.07, 6.45) is -4.58. The summed E-state index contributed by atoms with van der Waals surface area (Å²) in [6, 6.07) is 13.3. The van der Waals surface area contributed by atoms with Crippen LogP contribution in [-0.4, -0.2) is 29.0 Å². The zero-order chi connectivity index (χ0) is 18.3. The molecule has 25 heavy (non-hydrogen) atoms. The number of rotatable bonds is 8. The van der Waals surface area contributed by atoms with Crippen LogP contribution in [0.1, 0.15) is 17.2 Å². The van der Waals surface area contributed by atoms with E-state index in [1.807, 2.05) is 30.3 Å². The average Bonchev–Trinajstić information content (AvgIpc) is 2.58. The molecule has 0 saturated heterocycles. The lowest BCUT2D eigenvalue weighted by atomic mass is 10.1. The van der Waals surface area contributed by atoms with Crippen molar-refractivity contribution >= 4 is 17.7 Å². The van der Waals surface area contributed by atoms with Crippen LogP contribution < -0.4 is 5.32 Å². The van der Waals surface area contributed by atoms with Crippen molar-refractivity contribution in [1.82, 2.24) is 5.32 Å². The van der Waals surface area contributed by atoms with Gasteiger partial charge in [-0.25, -0.2) is 0 Å². The van der Waals surface area contributed by atoms with Crippen molar-refractivity contribution in [1.29, 1.82) is 0 Å². The molecule has 0 amide bonds. The maximum atomic E-state index is 13.4. The first-order chi connectivity index (χ1) is 11.9. The van der Waals surface area contributed by atoms with Crippen LogP contribution >= 0.6 is 11.8 Å². The van der Waals surface area contributed by atoms with Crippen molar-refractivity contribution in [3.63, 3.8) is 0 Å². The predicted octanol–water partition coefficient (Wildman–Crippen LogP) is 4.27. The molecule has 0 saturated carbocycles. The Bertz CT molecular complexity index is 665. The van der Waals surface area contributed by atoms with Gasteiger partial charge in [-0.2, -0.15) is 24.9 Å². The summed E-state index contributed by atoms with van der Waals surface area (Å²) < 4.78 is 40.1. The van der Waals surface area contributed by atoms with Gasteiger partial charge in [-0.1, -0.05) is 60.7 Å². The Labute approximate surface area is 148 Å². The van der Waals surface area contributed by atoms with E-state index in [9.17, 15) is 23.1 Å². The van der Waals surface area contributed by atoms with E-state index in [1.165, 1.54) is 36.0 Å². The minimum atomic E-state index is -4.58. The van der Waals surface area contributed by atoms with E-state index in [0.717, 1.165) is 5.56 Å². The molecule has 2 rings (SSSR count). The third-order valence-electron chi connectivity index (χ3n) is 3.52. The highest BCUT2D eigenvalue weighted by Crippen LogP contribution is 2.33. The fraction of sp³-hybridized carbons (Fsp3) is 0.278. The molecule has 0 spiro atoms. The molecular formula is C18H18F3NO2S. The molecule has 0 radical (unpaired) electrons. The highest BCUT2D eigenvalue weighted by Gasteiger charge is 2.42. The van der Waals surface area contributed by atoms with E-state index in [-0.39, 0.29) is 11.3 Å². The molecule has 0 aliphatic carbocycles. The van der Waals surface area contributed by atoms with Gasteiger partial charge < -0.3 is 5.11 Å². The number of carboxylic acid groups (broad SMARTS) is 1. The number of alkyl halides is 3. The van der Waals surface area contributed by atoms with Gasteiger partial charge in [0.25, 0.3) is 0 Å². The Morgan fingerprint density at radius 1 is 1.04 bits per heavy atom. The molecule has 2 aromatic rings. The molecular weight excluding hydrogens is 351 g/mol. The summed E-state index contributed by atoms with van der Waals surface area (Å²) in [5, 5.41) is 11.5. The Morgan fingerprint density at radius 3 is 2.12 bits per heavy atom. The van der Waals surface area contributed by atoms with Gasteiger partial charge in [0.05, 0.1) is 0 Å². The van der Waals surface area contributed by atoms with Crippen LogP contribution in [0.5, 0.6) is 0 Å². The third kappa shape index (κ3) is 6.10. The van der Waals surface area contributed by atoms with E-state index >= 15 is 0 Å². The molecule has 2 N–H and O–H groups in total. The van der Waals surface area contributed by atoms with E-state index in [2.05, 4.69) is 5.32 Å². The van der Waals surface area contributed by atoms with Crippen LogP contribution in [0.25, 0.3) is 0 Å². The van der Waals surface area contributed by atoms with Crippen LogP contribution in [0.3, 0.4) is 0 Å². The molecule has 0 bridgehead atoms. The van der Waals surface area contributed by atoms with Gasteiger partial charge >= 0.3 is 12.1 Å². The number of carbonyl (C=O) groups is 1. The van der Waals surface area contributed by atoms with Gasteiger partial charge in [-0.15, -0.1) is 0 Å². The summed E-state index contributed by atoms with van der Waals surface area (Å²) >= 11 is 1.28. The fourth-order valence-corrected chi connectivity index (χ4v) is 3.31. The second-order valence-corrected chi connectivity index (χ2v) is 6.47. The number of nitrogens with one attached hydrogen (secondary N) is 1. The van der Waals surface area contributed by atoms with Crippen molar-refractivity contribution in [3.05, 3.63) is 71.8 Å². The van der Waals surface area contributed by atoms with Crippen molar-refractivity contribution in [2.45, 2.75) is 24.0 Å². The van der Waals surface area contributed by atoms with Crippen LogP contribution in [0, 0.1) is 0 Å². The zero-order valence-electron chi connectivity index (χ0n) is 13.2. The first-order valence-corrected chi connectivity index (χ1v) is 8.75. The van der Waals surface area contributed by atoms with Gasteiger partial charge in [-0.3, -0.25) is 10.1 Å². The highest BCUT2D eigenvalue weighted by atomic mass is 32.2. The van der Waals surface area contributed by atoms with Gasteiger partial charge in [0.15, 0.2) is 0 Å². The largest absolute Gasteiger partial charge is 0.480 e. The number of halogens is 3. The summed E-state index contributed by atoms with van der Waals surface area (Å²) in [5.74, 6) is -0.733. The SMILES string of the molecule is O=C(O)[C@H](CSCc1ccccc1)N[C@@H](c1ccccc1)C(F)(F)F. The Kier molecular flexibility index (Phi) is 6.90. The van der Waals surface area contributed by atoms with Crippen molar-refractivity contribution in [2.24, 2.45) is 0 Å². The minimum Gasteiger partial charge on any atom is -0.480 e. The minimum absolute atomic E-state index is 0.00527. The standard InChI is InChI=1S/C18H18F3NO2S/c19-18(20,21)16(14-9-5-2-6-10-14)22-15(17(23)24)12-25-11-13-7-3-1-4-8-13/h1-10,15-16,22H,11-12H2,(H,23,24)/t15-,16-/m0/s1. The summed E-state index contributed by atoms with van der Waals surface area (Å²) in [4.78, 5) is 11.4. The second kappa shape index (κ2) is 8.92. The topological polar surface area (TPSA) is 49.3 Å². The lowest BCUT2D eigenvalue weighted by Crippen LogP contribution is -2.46. The Hall–Kier alpha value is -1.99. The molecule has 0 fully saturated rings. The number of aliphatic carboxylic acids is 1. The molecule has 2 aromatic carbocycles. The lowest BCUT2D eigenvalue weighted by Gasteiger charge is -2.25. The fourth-order valence-electron chi connectivity index (χ4n) is 2.29. The first kappa shape index (κ1) is 19.3. The van der Waals surface area contributed by atoms with Crippen LogP contribution in [0.15, 0.2) is 60.7 Å². The number of hydrogen-bond donors (Lipinski definition) is 2. The lowest BCUT2D eigenvalue weighted by molar-refractivity contribution is -0.162. The summed E-state index contributed by atoms with van der Waals surface area (Å²) in [6.45, 7) is 0. The zero-order valence-corrected chi connectivity index (χ0v) is 14.1. The molecule has 2 atom stereocenters. The molecule has 134 valence electrons. The molecule has 7 heteroatoms. The monoisotopic (exact) mass is 369 g/mol. The molecule has 0 heterocycles. The van der Waals surface area contributed by atoms with E-state index in [1.54, 1.807) is 6.07 Å². The van der Waals surface area contributed by atoms with Crippen LogP contribution in [0.4, 0.5) is 13.2 Å². The van der Waals surface area contributed by atoms with Gasteiger partial charge in [0, 0.05) is 11.5 Å². The number of thioether (sulfide) groups is 1. The van der Waals surface area contributed by atoms with Gasteiger partial charge in [-0.05, 0) is 11.1 Å². The summed E-state index contributed by atoms with van der Waals surface area (Å²) in [7, 11) is 0. The molecule has 0 aromatic heterocycles. The van der Waals surface area contributed by atoms with E-state index in [0.29, 0.717) is 5.75 Å². The van der Waals surface area contributed by atoms with Gasteiger partial charge in [0.2, 0.25) is 0 Å². The Balaban J connectivity index is 2.04. The predicted molar refractivity (Wildman–Crippen MR) is 92.4 cm³/mol. The normalized spacial score (nSPS) is 14.0. The van der Waals surface area contributed by atoms with Crippen molar-refractivity contribution in [3.8, 4) is 0 Å². The molecule has 0 unspecified atom stereocenters. The maximum Gasteiger partial charge on any atom is 0.407 e. The number of benzene rings is 2. The number of hydrogen-bond acceptors (Lipinski definition) is 3. The van der Waals surface area contributed by atoms with E-state index < -0.39 is 24.2 Å². The van der Waals surface area contributed by atoms with Gasteiger partial charge in [0.1, 0.15) is 12.1 Å². The highest BCUT2D eigenvalue weighted by molar-refractivity contribution is 7.98. The van der Waals surface area contributed by atoms with E-state index in [4.69, 9.17) is 0 Å². The number of carboxylic acids is 1. The van der Waals surface area contributed by atoms with Crippen molar-refractivity contribution in [2.75, 3.05) is 5.75 Å².